The number of hydrogen-bond donors (Lipinski definition) is 1. The van der Waals surface area contributed by atoms with E-state index in [-0.39, 0.29) is 5.91 Å². The van der Waals surface area contributed by atoms with Crippen LogP contribution in [-0.4, -0.2) is 29.9 Å². The highest BCUT2D eigenvalue weighted by atomic mass is 35.5. The molecule has 0 aliphatic carbocycles. The zero-order valence-corrected chi connectivity index (χ0v) is 13.3. The maximum atomic E-state index is 12.2. The third-order valence-corrected chi connectivity index (χ3v) is 4.52. The molecule has 2 N–H and O–H groups in total. The zero-order chi connectivity index (χ0) is 14.9. The Balaban J connectivity index is 1.92. The molecule has 2 rings (SSSR count). The minimum atomic E-state index is -0.540. The highest BCUT2D eigenvalue weighted by Crippen LogP contribution is 2.25. The molecule has 0 saturated carbocycles. The molecule has 1 heterocycles. The molecule has 1 saturated heterocycles. The smallest absolute Gasteiger partial charge is 0.239 e. The second kappa shape index (κ2) is 6.33. The Labute approximate surface area is 130 Å². The first kappa shape index (κ1) is 15.6. The lowest BCUT2D eigenvalue weighted by Crippen LogP contribution is -2.56. The standard InChI is InChI=1S/C15H20Cl2N2O/c1-9(2)11-7-19(8-11)15(20)14(18)5-10-3-4-12(16)6-13(10)17/h3-4,6,9,11,14H,5,7-8,18H2,1-2H3. The highest BCUT2D eigenvalue weighted by Gasteiger charge is 2.34. The Bertz CT molecular complexity index is 499. The predicted molar refractivity (Wildman–Crippen MR) is 83.0 cm³/mol. The van der Waals surface area contributed by atoms with Gasteiger partial charge in [0.05, 0.1) is 6.04 Å². The second-order valence-corrected chi connectivity index (χ2v) is 6.64. The third kappa shape index (κ3) is 3.46. The molecule has 1 unspecified atom stereocenters. The van der Waals surface area contributed by atoms with Crippen molar-refractivity contribution in [2.45, 2.75) is 26.3 Å². The summed E-state index contributed by atoms with van der Waals surface area (Å²) >= 11 is 12.0. The summed E-state index contributed by atoms with van der Waals surface area (Å²) in [7, 11) is 0. The van der Waals surface area contributed by atoms with Crippen LogP contribution in [-0.2, 0) is 11.2 Å². The number of halogens is 2. The van der Waals surface area contributed by atoms with Crippen molar-refractivity contribution < 1.29 is 4.79 Å². The monoisotopic (exact) mass is 314 g/mol. The fourth-order valence-electron chi connectivity index (χ4n) is 2.36. The summed E-state index contributed by atoms with van der Waals surface area (Å²) in [6.07, 6.45) is 0.442. The van der Waals surface area contributed by atoms with Crippen LogP contribution >= 0.6 is 23.2 Å². The van der Waals surface area contributed by atoms with Crippen molar-refractivity contribution in [2.24, 2.45) is 17.6 Å². The van der Waals surface area contributed by atoms with Crippen LogP contribution in [0.4, 0.5) is 0 Å². The Kier molecular flexibility index (Phi) is 4.95. The lowest BCUT2D eigenvalue weighted by atomic mass is 9.87. The van der Waals surface area contributed by atoms with E-state index >= 15 is 0 Å². The van der Waals surface area contributed by atoms with E-state index < -0.39 is 6.04 Å². The molecular weight excluding hydrogens is 295 g/mol. The molecule has 0 aromatic heterocycles. The van der Waals surface area contributed by atoms with E-state index in [0.29, 0.717) is 28.3 Å². The largest absolute Gasteiger partial charge is 0.341 e. The summed E-state index contributed by atoms with van der Waals surface area (Å²) in [6.45, 7) is 6.00. The van der Waals surface area contributed by atoms with Crippen molar-refractivity contribution in [2.75, 3.05) is 13.1 Å². The average molecular weight is 315 g/mol. The minimum absolute atomic E-state index is 0.00733. The molecular formula is C15H20Cl2N2O. The molecule has 110 valence electrons. The molecule has 1 fully saturated rings. The Morgan fingerprint density at radius 2 is 2.05 bits per heavy atom. The third-order valence-electron chi connectivity index (χ3n) is 3.94. The van der Waals surface area contributed by atoms with E-state index in [0.717, 1.165) is 18.7 Å². The first-order chi connectivity index (χ1) is 9.38. The fraction of sp³-hybridized carbons (Fsp3) is 0.533. The van der Waals surface area contributed by atoms with Crippen LogP contribution in [0.3, 0.4) is 0 Å². The van der Waals surface area contributed by atoms with E-state index in [9.17, 15) is 4.79 Å². The Morgan fingerprint density at radius 3 is 2.60 bits per heavy atom. The van der Waals surface area contributed by atoms with Crippen LogP contribution in [0, 0.1) is 11.8 Å². The summed E-state index contributed by atoms with van der Waals surface area (Å²) in [4.78, 5) is 14.0. The molecule has 1 aliphatic rings. The number of carbonyl (C=O) groups is 1. The molecule has 1 aromatic carbocycles. The molecule has 0 bridgehead atoms. The van der Waals surface area contributed by atoms with Gasteiger partial charge in [0.25, 0.3) is 0 Å². The van der Waals surface area contributed by atoms with E-state index in [1.807, 2.05) is 11.0 Å². The normalized spacial score (nSPS) is 17.2. The molecule has 20 heavy (non-hydrogen) atoms. The summed E-state index contributed by atoms with van der Waals surface area (Å²) < 4.78 is 0. The van der Waals surface area contributed by atoms with E-state index in [2.05, 4.69) is 13.8 Å². The molecule has 1 aliphatic heterocycles. The fourth-order valence-corrected chi connectivity index (χ4v) is 2.85. The SMILES string of the molecule is CC(C)C1CN(C(=O)C(N)Cc2ccc(Cl)cc2Cl)C1. The van der Waals surface area contributed by atoms with E-state index in [1.54, 1.807) is 12.1 Å². The van der Waals surface area contributed by atoms with Gasteiger partial charge in [-0.15, -0.1) is 0 Å². The number of nitrogens with zero attached hydrogens (tertiary/aromatic N) is 1. The Morgan fingerprint density at radius 1 is 1.40 bits per heavy atom. The molecule has 3 nitrogen and oxygen atoms in total. The number of likely N-dealkylation sites (tertiary alicyclic amines) is 1. The molecule has 0 radical (unpaired) electrons. The molecule has 1 aromatic rings. The van der Waals surface area contributed by atoms with Crippen LogP contribution in [0.15, 0.2) is 18.2 Å². The summed E-state index contributed by atoms with van der Waals surface area (Å²) in [6, 6.07) is 4.72. The number of rotatable bonds is 4. The Hall–Kier alpha value is -0.770. The van der Waals surface area contributed by atoms with Gasteiger partial charge in [-0.2, -0.15) is 0 Å². The van der Waals surface area contributed by atoms with Crippen LogP contribution in [0.1, 0.15) is 19.4 Å². The van der Waals surface area contributed by atoms with Gasteiger partial charge in [-0.25, -0.2) is 0 Å². The van der Waals surface area contributed by atoms with Crippen molar-refractivity contribution in [3.8, 4) is 0 Å². The number of benzene rings is 1. The van der Waals surface area contributed by atoms with Crippen molar-refractivity contribution >= 4 is 29.1 Å². The van der Waals surface area contributed by atoms with Gasteiger partial charge >= 0.3 is 0 Å². The van der Waals surface area contributed by atoms with Gasteiger partial charge in [-0.05, 0) is 36.0 Å². The summed E-state index contributed by atoms with van der Waals surface area (Å²) in [5, 5.41) is 1.14. The first-order valence-electron chi connectivity index (χ1n) is 6.86. The molecule has 5 heteroatoms. The van der Waals surface area contributed by atoms with Crippen molar-refractivity contribution in [1.82, 2.24) is 4.90 Å². The summed E-state index contributed by atoms with van der Waals surface area (Å²) in [5.74, 6) is 1.22. The van der Waals surface area contributed by atoms with Gasteiger partial charge in [0.1, 0.15) is 0 Å². The van der Waals surface area contributed by atoms with Gasteiger partial charge in [-0.1, -0.05) is 43.1 Å². The number of hydrogen-bond acceptors (Lipinski definition) is 2. The maximum Gasteiger partial charge on any atom is 0.239 e. The highest BCUT2D eigenvalue weighted by molar-refractivity contribution is 6.35. The number of nitrogens with two attached hydrogens (primary N) is 1. The zero-order valence-electron chi connectivity index (χ0n) is 11.8. The van der Waals surface area contributed by atoms with E-state index in [4.69, 9.17) is 28.9 Å². The molecule has 1 atom stereocenters. The quantitative estimate of drug-likeness (QED) is 0.928. The first-order valence-corrected chi connectivity index (χ1v) is 7.62. The molecule has 1 amide bonds. The average Bonchev–Trinajstić information content (AvgIpc) is 2.30. The summed E-state index contributed by atoms with van der Waals surface area (Å²) in [5.41, 5.74) is 6.86. The number of carbonyl (C=O) groups excluding carboxylic acids is 1. The van der Waals surface area contributed by atoms with Crippen molar-refractivity contribution in [1.29, 1.82) is 0 Å². The van der Waals surface area contributed by atoms with Gasteiger partial charge in [0.2, 0.25) is 5.91 Å². The van der Waals surface area contributed by atoms with Crippen LogP contribution in [0.25, 0.3) is 0 Å². The maximum absolute atomic E-state index is 12.2. The number of amides is 1. The topological polar surface area (TPSA) is 46.3 Å². The van der Waals surface area contributed by atoms with E-state index in [1.165, 1.54) is 0 Å². The van der Waals surface area contributed by atoms with Gasteiger partial charge < -0.3 is 10.6 Å². The van der Waals surface area contributed by atoms with Crippen LogP contribution < -0.4 is 5.73 Å². The van der Waals surface area contributed by atoms with Gasteiger partial charge in [0.15, 0.2) is 0 Å². The van der Waals surface area contributed by atoms with Crippen LogP contribution in [0.2, 0.25) is 10.0 Å². The minimum Gasteiger partial charge on any atom is -0.341 e. The van der Waals surface area contributed by atoms with Crippen molar-refractivity contribution in [3.63, 3.8) is 0 Å². The molecule has 0 spiro atoms. The lowest BCUT2D eigenvalue weighted by molar-refractivity contribution is -0.140. The second-order valence-electron chi connectivity index (χ2n) is 5.79. The van der Waals surface area contributed by atoms with Gasteiger partial charge in [0, 0.05) is 23.1 Å². The van der Waals surface area contributed by atoms with Crippen LogP contribution in [0.5, 0.6) is 0 Å². The van der Waals surface area contributed by atoms with Crippen molar-refractivity contribution in [3.05, 3.63) is 33.8 Å². The van der Waals surface area contributed by atoms with Gasteiger partial charge in [-0.3, -0.25) is 4.79 Å². The predicted octanol–water partition coefficient (Wildman–Crippen LogP) is 2.98. The lowest BCUT2D eigenvalue weighted by Gasteiger charge is -2.42.